The molecule has 1 aromatic carbocycles. The molecule has 1 atom stereocenters. The fraction of sp³-hybridized carbons (Fsp3) is 0.650. The molecule has 1 unspecified atom stereocenters. The average Bonchev–Trinajstić information content (AvgIpc) is 3.10. The summed E-state index contributed by atoms with van der Waals surface area (Å²) < 4.78 is 0. The van der Waals surface area contributed by atoms with E-state index in [9.17, 15) is 4.79 Å². The van der Waals surface area contributed by atoms with Gasteiger partial charge in [-0.1, -0.05) is 56.5 Å². The topological polar surface area (TPSA) is 23.6 Å². The molecule has 3 rings (SSSR count). The van der Waals surface area contributed by atoms with Gasteiger partial charge in [-0.2, -0.15) is 0 Å². The molecule has 1 aliphatic carbocycles. The van der Waals surface area contributed by atoms with Gasteiger partial charge in [0, 0.05) is 38.1 Å². The van der Waals surface area contributed by atoms with E-state index in [1.807, 2.05) is 0 Å². The maximum absolute atomic E-state index is 12.9. The van der Waals surface area contributed by atoms with Gasteiger partial charge in [-0.3, -0.25) is 9.69 Å². The summed E-state index contributed by atoms with van der Waals surface area (Å²) in [5.74, 6) is 0.760. The SMILES string of the molecule is CCCC1CN(Cc2ccccc2)CCN1C(=O)C1CCCC1. The van der Waals surface area contributed by atoms with Crippen molar-refractivity contribution >= 4 is 5.91 Å². The van der Waals surface area contributed by atoms with Gasteiger partial charge >= 0.3 is 0 Å². The molecule has 0 radical (unpaired) electrons. The molecule has 1 aliphatic heterocycles. The van der Waals surface area contributed by atoms with Crippen LogP contribution in [0, 0.1) is 5.92 Å². The van der Waals surface area contributed by atoms with Crippen molar-refractivity contribution in [1.82, 2.24) is 9.80 Å². The van der Waals surface area contributed by atoms with Crippen LogP contribution in [0.25, 0.3) is 0 Å². The first-order valence-electron chi connectivity index (χ1n) is 9.34. The van der Waals surface area contributed by atoms with E-state index in [1.54, 1.807) is 0 Å². The Hall–Kier alpha value is -1.35. The third kappa shape index (κ3) is 4.14. The summed E-state index contributed by atoms with van der Waals surface area (Å²) in [6.45, 7) is 6.18. The van der Waals surface area contributed by atoms with Gasteiger partial charge in [-0.25, -0.2) is 0 Å². The molecule has 126 valence electrons. The minimum atomic E-state index is 0.315. The Morgan fingerprint density at radius 3 is 2.57 bits per heavy atom. The van der Waals surface area contributed by atoms with Crippen LogP contribution in [0.2, 0.25) is 0 Å². The van der Waals surface area contributed by atoms with E-state index in [0.717, 1.165) is 51.9 Å². The van der Waals surface area contributed by atoms with Gasteiger partial charge in [0.15, 0.2) is 0 Å². The Kier molecular flexibility index (Phi) is 5.71. The minimum absolute atomic E-state index is 0.315. The number of rotatable bonds is 5. The molecule has 2 aliphatic rings. The molecule has 0 N–H and O–H groups in total. The number of carbonyl (C=O) groups excluding carboxylic acids is 1. The fourth-order valence-electron chi connectivity index (χ4n) is 4.18. The highest BCUT2D eigenvalue weighted by molar-refractivity contribution is 5.79. The van der Waals surface area contributed by atoms with Gasteiger partial charge < -0.3 is 4.90 Å². The van der Waals surface area contributed by atoms with Gasteiger partial charge in [-0.15, -0.1) is 0 Å². The van der Waals surface area contributed by atoms with Crippen LogP contribution >= 0.6 is 0 Å². The fourth-order valence-corrected chi connectivity index (χ4v) is 4.18. The third-order valence-corrected chi connectivity index (χ3v) is 5.43. The van der Waals surface area contributed by atoms with Crippen LogP contribution in [0.1, 0.15) is 51.0 Å². The van der Waals surface area contributed by atoms with Crippen LogP contribution in [0.5, 0.6) is 0 Å². The zero-order chi connectivity index (χ0) is 16.1. The normalized spacial score (nSPS) is 23.3. The van der Waals surface area contributed by atoms with Crippen LogP contribution < -0.4 is 0 Å². The van der Waals surface area contributed by atoms with Crippen LogP contribution in [-0.2, 0) is 11.3 Å². The van der Waals surface area contributed by atoms with Gasteiger partial charge in [0.1, 0.15) is 0 Å². The Labute approximate surface area is 140 Å². The lowest BCUT2D eigenvalue weighted by Crippen LogP contribution is -2.56. The lowest BCUT2D eigenvalue weighted by atomic mass is 10.0. The number of piperazine rings is 1. The molecule has 1 heterocycles. The number of amides is 1. The first-order chi connectivity index (χ1) is 11.3. The molecule has 23 heavy (non-hydrogen) atoms. The minimum Gasteiger partial charge on any atom is -0.337 e. The summed E-state index contributed by atoms with van der Waals surface area (Å²) >= 11 is 0. The summed E-state index contributed by atoms with van der Waals surface area (Å²) in [4.78, 5) is 17.6. The summed E-state index contributed by atoms with van der Waals surface area (Å²) in [6, 6.07) is 11.1. The van der Waals surface area contributed by atoms with Crippen molar-refractivity contribution in [2.75, 3.05) is 19.6 Å². The predicted octanol–water partition coefficient (Wildman–Crippen LogP) is 3.69. The molecular formula is C20H30N2O. The van der Waals surface area contributed by atoms with Gasteiger partial charge in [0.2, 0.25) is 5.91 Å². The lowest BCUT2D eigenvalue weighted by Gasteiger charge is -2.42. The van der Waals surface area contributed by atoms with Crippen molar-refractivity contribution in [3.05, 3.63) is 35.9 Å². The quantitative estimate of drug-likeness (QED) is 0.827. The van der Waals surface area contributed by atoms with E-state index in [4.69, 9.17) is 0 Å². The van der Waals surface area contributed by atoms with Crippen molar-refractivity contribution in [3.63, 3.8) is 0 Å². The van der Waals surface area contributed by atoms with E-state index < -0.39 is 0 Å². The maximum atomic E-state index is 12.9. The van der Waals surface area contributed by atoms with Gasteiger partial charge in [0.25, 0.3) is 0 Å². The smallest absolute Gasteiger partial charge is 0.226 e. The largest absolute Gasteiger partial charge is 0.337 e. The monoisotopic (exact) mass is 314 g/mol. The predicted molar refractivity (Wildman–Crippen MR) is 94.1 cm³/mol. The second-order valence-corrected chi connectivity index (χ2v) is 7.18. The van der Waals surface area contributed by atoms with Crippen LogP contribution in [-0.4, -0.2) is 41.4 Å². The van der Waals surface area contributed by atoms with Crippen LogP contribution in [0.3, 0.4) is 0 Å². The van der Waals surface area contributed by atoms with E-state index in [1.165, 1.54) is 18.4 Å². The Morgan fingerprint density at radius 1 is 1.13 bits per heavy atom. The van der Waals surface area contributed by atoms with Crippen molar-refractivity contribution in [1.29, 1.82) is 0 Å². The summed E-state index contributed by atoms with van der Waals surface area (Å²) in [5, 5.41) is 0. The van der Waals surface area contributed by atoms with Gasteiger partial charge in [-0.05, 0) is 24.8 Å². The molecule has 0 bridgehead atoms. The molecule has 1 saturated heterocycles. The molecule has 0 aromatic heterocycles. The second-order valence-electron chi connectivity index (χ2n) is 7.18. The van der Waals surface area contributed by atoms with Crippen LogP contribution in [0.4, 0.5) is 0 Å². The number of benzene rings is 1. The summed E-state index contributed by atoms with van der Waals surface area (Å²) in [5.41, 5.74) is 1.37. The number of hydrogen-bond donors (Lipinski definition) is 0. The maximum Gasteiger partial charge on any atom is 0.226 e. The molecule has 2 fully saturated rings. The lowest BCUT2D eigenvalue weighted by molar-refractivity contribution is -0.140. The van der Waals surface area contributed by atoms with Gasteiger partial charge in [0.05, 0.1) is 0 Å². The molecule has 3 heteroatoms. The third-order valence-electron chi connectivity index (χ3n) is 5.43. The highest BCUT2D eigenvalue weighted by Crippen LogP contribution is 2.29. The Balaban J connectivity index is 1.62. The first kappa shape index (κ1) is 16.5. The van der Waals surface area contributed by atoms with Crippen molar-refractivity contribution in [2.45, 2.75) is 58.0 Å². The highest BCUT2D eigenvalue weighted by atomic mass is 16.2. The summed E-state index contributed by atoms with van der Waals surface area (Å²) in [6.07, 6.45) is 6.98. The molecule has 1 saturated carbocycles. The van der Waals surface area contributed by atoms with E-state index in [0.29, 0.717) is 17.9 Å². The van der Waals surface area contributed by atoms with E-state index in [-0.39, 0.29) is 0 Å². The second kappa shape index (κ2) is 7.96. The molecule has 0 spiro atoms. The highest BCUT2D eigenvalue weighted by Gasteiger charge is 2.34. The zero-order valence-corrected chi connectivity index (χ0v) is 14.4. The van der Waals surface area contributed by atoms with E-state index in [2.05, 4.69) is 47.1 Å². The standard InChI is InChI=1S/C20H30N2O/c1-2-8-19-16-21(15-17-9-4-3-5-10-17)13-14-22(19)20(23)18-11-6-7-12-18/h3-5,9-10,18-19H,2,6-8,11-16H2,1H3. The number of carbonyl (C=O) groups is 1. The van der Waals surface area contributed by atoms with Crippen LogP contribution in [0.15, 0.2) is 30.3 Å². The molecular weight excluding hydrogens is 284 g/mol. The van der Waals surface area contributed by atoms with Crippen molar-refractivity contribution < 1.29 is 4.79 Å². The number of hydrogen-bond acceptors (Lipinski definition) is 2. The zero-order valence-electron chi connectivity index (χ0n) is 14.4. The molecule has 3 nitrogen and oxygen atoms in total. The summed E-state index contributed by atoms with van der Waals surface area (Å²) in [7, 11) is 0. The molecule has 1 aromatic rings. The Morgan fingerprint density at radius 2 is 1.87 bits per heavy atom. The average molecular weight is 314 g/mol. The first-order valence-corrected chi connectivity index (χ1v) is 9.34. The molecule has 1 amide bonds. The van der Waals surface area contributed by atoms with Crippen molar-refractivity contribution in [3.8, 4) is 0 Å². The van der Waals surface area contributed by atoms with E-state index >= 15 is 0 Å². The Bertz CT molecular complexity index is 496. The van der Waals surface area contributed by atoms with Crippen molar-refractivity contribution in [2.24, 2.45) is 5.92 Å². The number of nitrogens with zero attached hydrogens (tertiary/aromatic N) is 2.